The number of aromatic nitrogens is 3. The first-order chi connectivity index (χ1) is 8.72. The lowest BCUT2D eigenvalue weighted by molar-refractivity contribution is 0.419. The zero-order valence-electron chi connectivity index (χ0n) is 10.1. The first-order valence-electron chi connectivity index (χ1n) is 5.98. The molecule has 18 heavy (non-hydrogen) atoms. The van der Waals surface area contributed by atoms with Crippen molar-refractivity contribution in [2.75, 3.05) is 0 Å². The second kappa shape index (κ2) is 4.38. The Morgan fingerprint density at radius 3 is 3.11 bits per heavy atom. The Bertz CT molecular complexity index is 613. The number of nitrogens with zero attached hydrogens (tertiary/aromatic N) is 2. The Morgan fingerprint density at radius 2 is 2.39 bits per heavy atom. The summed E-state index contributed by atoms with van der Waals surface area (Å²) < 4.78 is 5.10. The number of hydrogen-bond acceptors (Lipinski definition) is 5. The minimum atomic E-state index is -0.114. The fraction of sp³-hybridized carbons (Fsp3) is 0.417. The van der Waals surface area contributed by atoms with E-state index in [0.29, 0.717) is 24.0 Å². The molecule has 0 atom stereocenters. The van der Waals surface area contributed by atoms with Crippen LogP contribution in [0.3, 0.4) is 0 Å². The highest BCUT2D eigenvalue weighted by molar-refractivity contribution is 5.50. The van der Waals surface area contributed by atoms with E-state index in [9.17, 15) is 4.79 Å². The molecule has 0 unspecified atom stereocenters. The molecule has 1 fully saturated rings. The maximum absolute atomic E-state index is 11.8. The van der Waals surface area contributed by atoms with Crippen molar-refractivity contribution in [3.8, 4) is 11.5 Å². The van der Waals surface area contributed by atoms with Crippen molar-refractivity contribution in [1.29, 1.82) is 0 Å². The van der Waals surface area contributed by atoms with Crippen LogP contribution < -0.4 is 10.7 Å². The van der Waals surface area contributed by atoms with Gasteiger partial charge >= 0.3 is 0 Å². The third-order valence-electron chi connectivity index (χ3n) is 2.88. The van der Waals surface area contributed by atoms with Gasteiger partial charge in [0.1, 0.15) is 5.56 Å². The van der Waals surface area contributed by atoms with Crippen molar-refractivity contribution >= 4 is 0 Å². The summed E-state index contributed by atoms with van der Waals surface area (Å²) in [6.07, 6.45) is 4.02. The maximum atomic E-state index is 11.8. The molecule has 2 heterocycles. The van der Waals surface area contributed by atoms with E-state index >= 15 is 0 Å². The molecule has 2 aromatic heterocycles. The van der Waals surface area contributed by atoms with Crippen LogP contribution in [0, 0.1) is 6.92 Å². The number of pyridine rings is 1. The number of rotatable bonds is 4. The predicted molar refractivity (Wildman–Crippen MR) is 65.0 cm³/mol. The van der Waals surface area contributed by atoms with Gasteiger partial charge < -0.3 is 14.8 Å². The maximum Gasteiger partial charge on any atom is 0.263 e. The van der Waals surface area contributed by atoms with Crippen molar-refractivity contribution in [1.82, 2.24) is 20.4 Å². The van der Waals surface area contributed by atoms with E-state index in [1.807, 2.05) is 6.92 Å². The lowest BCUT2D eigenvalue weighted by atomic mass is 10.2. The van der Waals surface area contributed by atoms with Gasteiger partial charge in [0.05, 0.1) is 6.54 Å². The lowest BCUT2D eigenvalue weighted by Crippen LogP contribution is -2.16. The zero-order chi connectivity index (χ0) is 12.5. The van der Waals surface area contributed by atoms with Crippen LogP contribution in [0.5, 0.6) is 0 Å². The van der Waals surface area contributed by atoms with Crippen molar-refractivity contribution < 1.29 is 4.52 Å². The van der Waals surface area contributed by atoms with Crippen LogP contribution in [-0.4, -0.2) is 21.2 Å². The van der Waals surface area contributed by atoms with Gasteiger partial charge in [0, 0.05) is 24.0 Å². The van der Waals surface area contributed by atoms with Crippen LogP contribution in [0.25, 0.3) is 11.5 Å². The largest absolute Gasteiger partial charge is 0.364 e. The van der Waals surface area contributed by atoms with Gasteiger partial charge in [-0.25, -0.2) is 0 Å². The summed E-state index contributed by atoms with van der Waals surface area (Å²) in [7, 11) is 0. The van der Waals surface area contributed by atoms with Gasteiger partial charge in [0.15, 0.2) is 11.3 Å². The fourth-order valence-corrected chi connectivity index (χ4v) is 1.70. The number of hydrogen-bond donors (Lipinski definition) is 2. The van der Waals surface area contributed by atoms with Gasteiger partial charge in [-0.15, -0.1) is 0 Å². The van der Waals surface area contributed by atoms with Gasteiger partial charge in [0.25, 0.3) is 5.89 Å². The minimum absolute atomic E-state index is 0.114. The molecule has 1 aliphatic rings. The number of aryl methyl sites for hydroxylation is 1. The molecule has 0 radical (unpaired) electrons. The summed E-state index contributed by atoms with van der Waals surface area (Å²) in [6, 6.07) is 2.11. The van der Waals surface area contributed by atoms with Crippen LogP contribution in [0.15, 0.2) is 21.6 Å². The quantitative estimate of drug-likeness (QED) is 0.840. The molecular formula is C12H14N4O2. The summed E-state index contributed by atoms with van der Waals surface area (Å²) in [5.74, 6) is 0.848. The molecule has 6 nitrogen and oxygen atoms in total. The fourth-order valence-electron chi connectivity index (χ4n) is 1.70. The van der Waals surface area contributed by atoms with Crippen LogP contribution in [0.4, 0.5) is 0 Å². The van der Waals surface area contributed by atoms with E-state index in [1.54, 1.807) is 6.20 Å². The van der Waals surface area contributed by atoms with Crippen molar-refractivity contribution in [2.45, 2.75) is 32.4 Å². The predicted octanol–water partition coefficient (Wildman–Crippen LogP) is 0.985. The van der Waals surface area contributed by atoms with Crippen molar-refractivity contribution in [3.63, 3.8) is 0 Å². The van der Waals surface area contributed by atoms with Crippen molar-refractivity contribution in [2.24, 2.45) is 0 Å². The summed E-state index contributed by atoms with van der Waals surface area (Å²) >= 11 is 0. The number of nitrogens with one attached hydrogen (secondary N) is 2. The Labute approximate surface area is 103 Å². The average Bonchev–Trinajstić information content (AvgIpc) is 3.05. The standard InChI is InChI=1S/C12H14N4O2/c1-7-4-10(17)9(5-13-7)12-15-11(16-18-12)6-14-8-2-3-8/h4-5,8,14H,2-3,6H2,1H3,(H,13,17). The van der Waals surface area contributed by atoms with E-state index in [0.717, 1.165) is 5.69 Å². The summed E-state index contributed by atoms with van der Waals surface area (Å²) in [6.45, 7) is 2.40. The third kappa shape index (κ3) is 2.33. The minimum Gasteiger partial charge on any atom is -0.364 e. The molecule has 2 N–H and O–H groups in total. The van der Waals surface area contributed by atoms with Gasteiger partial charge in [-0.1, -0.05) is 5.16 Å². The zero-order valence-corrected chi connectivity index (χ0v) is 10.1. The lowest BCUT2D eigenvalue weighted by Gasteiger charge is -1.95. The third-order valence-corrected chi connectivity index (χ3v) is 2.88. The van der Waals surface area contributed by atoms with Crippen LogP contribution in [-0.2, 0) is 6.54 Å². The molecule has 0 aromatic carbocycles. The topological polar surface area (TPSA) is 83.8 Å². The normalized spacial score (nSPS) is 14.9. The molecule has 1 aliphatic carbocycles. The highest BCUT2D eigenvalue weighted by atomic mass is 16.5. The average molecular weight is 246 g/mol. The molecule has 3 rings (SSSR count). The summed E-state index contributed by atoms with van der Waals surface area (Å²) in [5, 5.41) is 7.14. The second-order valence-corrected chi connectivity index (χ2v) is 4.56. The van der Waals surface area contributed by atoms with Gasteiger partial charge in [-0.2, -0.15) is 4.98 Å². The van der Waals surface area contributed by atoms with E-state index in [4.69, 9.17) is 4.52 Å². The highest BCUT2D eigenvalue weighted by Crippen LogP contribution is 2.19. The monoisotopic (exact) mass is 246 g/mol. The molecule has 0 amide bonds. The van der Waals surface area contributed by atoms with E-state index in [-0.39, 0.29) is 11.3 Å². The van der Waals surface area contributed by atoms with Crippen molar-refractivity contribution in [3.05, 3.63) is 34.0 Å². The first-order valence-corrected chi connectivity index (χ1v) is 5.98. The molecular weight excluding hydrogens is 232 g/mol. The van der Waals surface area contributed by atoms with Crippen LogP contribution in [0.2, 0.25) is 0 Å². The molecule has 6 heteroatoms. The van der Waals surface area contributed by atoms with E-state index < -0.39 is 0 Å². The van der Waals surface area contributed by atoms with Crippen LogP contribution >= 0.6 is 0 Å². The molecule has 0 aliphatic heterocycles. The van der Waals surface area contributed by atoms with Gasteiger partial charge in [-0.3, -0.25) is 4.79 Å². The Balaban J connectivity index is 1.80. The molecule has 1 saturated carbocycles. The summed E-state index contributed by atoms with van der Waals surface area (Å²) in [5.41, 5.74) is 1.10. The molecule has 94 valence electrons. The van der Waals surface area contributed by atoms with E-state index in [2.05, 4.69) is 20.4 Å². The van der Waals surface area contributed by atoms with Crippen LogP contribution in [0.1, 0.15) is 24.4 Å². The first kappa shape index (κ1) is 11.2. The SMILES string of the molecule is Cc1cc(=O)c(-c2nc(CNC3CC3)no2)c[nH]1. The van der Waals surface area contributed by atoms with Gasteiger partial charge in [-0.05, 0) is 19.8 Å². The molecule has 0 saturated heterocycles. The Morgan fingerprint density at radius 1 is 1.56 bits per heavy atom. The Kier molecular flexibility index (Phi) is 2.71. The van der Waals surface area contributed by atoms with Gasteiger partial charge in [0.2, 0.25) is 0 Å². The Hall–Kier alpha value is -1.95. The molecule has 2 aromatic rings. The molecule has 0 bridgehead atoms. The summed E-state index contributed by atoms with van der Waals surface area (Å²) in [4.78, 5) is 18.9. The smallest absolute Gasteiger partial charge is 0.263 e. The van der Waals surface area contributed by atoms with E-state index in [1.165, 1.54) is 18.9 Å². The highest BCUT2D eigenvalue weighted by Gasteiger charge is 2.21. The number of H-pyrrole nitrogens is 1. The molecule has 0 spiro atoms. The second-order valence-electron chi connectivity index (χ2n) is 4.56. The number of aromatic amines is 1.